The largest absolute Gasteiger partial charge is 0.295 e. The van der Waals surface area contributed by atoms with E-state index in [1.165, 1.54) is 23.0 Å². The molecule has 1 heterocycles. The van der Waals surface area contributed by atoms with Crippen molar-refractivity contribution >= 4 is 23.3 Å². The Morgan fingerprint density at radius 1 is 0.875 bits per heavy atom. The van der Waals surface area contributed by atoms with E-state index in [0.717, 1.165) is 0 Å². The molecule has 2 aliphatic carbocycles. The van der Waals surface area contributed by atoms with Gasteiger partial charge in [-0.2, -0.15) is 0 Å². The molecule has 2 amide bonds. The van der Waals surface area contributed by atoms with Crippen molar-refractivity contribution in [1.29, 1.82) is 0 Å². The molecule has 0 unspecified atom stereocenters. The molecule has 24 heavy (non-hydrogen) atoms. The summed E-state index contributed by atoms with van der Waals surface area (Å²) in [5.74, 6) is -0.694. The van der Waals surface area contributed by atoms with Gasteiger partial charge in [-0.1, -0.05) is 23.3 Å². The van der Waals surface area contributed by atoms with Crippen LogP contribution in [0.25, 0.3) is 0 Å². The number of ketones is 1. The Balaban J connectivity index is 1.71. The lowest BCUT2D eigenvalue weighted by molar-refractivity contribution is -0.122. The number of anilines is 1. The van der Waals surface area contributed by atoms with E-state index < -0.39 is 0 Å². The van der Waals surface area contributed by atoms with Crippen LogP contribution in [0, 0.1) is 23.7 Å². The third kappa shape index (κ3) is 1.83. The predicted octanol–water partition coefficient (Wildman–Crippen LogP) is 3.15. The van der Waals surface area contributed by atoms with Crippen molar-refractivity contribution in [2.45, 2.75) is 20.8 Å². The van der Waals surface area contributed by atoms with Gasteiger partial charge in [-0.05, 0) is 45.0 Å². The summed E-state index contributed by atoms with van der Waals surface area (Å²) in [4.78, 5) is 38.6. The molecule has 0 N–H and O–H groups in total. The van der Waals surface area contributed by atoms with Crippen LogP contribution >= 0.6 is 0 Å². The molecule has 3 aliphatic rings. The van der Waals surface area contributed by atoms with Crippen molar-refractivity contribution in [2.75, 3.05) is 4.90 Å². The second kappa shape index (κ2) is 5.00. The highest BCUT2D eigenvalue weighted by molar-refractivity contribution is 6.23. The molecule has 0 aromatic heterocycles. The minimum atomic E-state index is -0.273. The van der Waals surface area contributed by atoms with Crippen molar-refractivity contribution < 1.29 is 14.4 Å². The second-order valence-corrected chi connectivity index (χ2v) is 7.06. The maximum Gasteiger partial charge on any atom is 0.238 e. The van der Waals surface area contributed by atoms with Crippen molar-refractivity contribution in [3.05, 3.63) is 53.1 Å². The number of nitrogens with zero attached hydrogens (tertiary/aromatic N) is 1. The summed E-state index contributed by atoms with van der Waals surface area (Å²) in [5, 5.41) is 0. The van der Waals surface area contributed by atoms with Crippen LogP contribution in [0.2, 0.25) is 0 Å². The fraction of sp³-hybridized carbons (Fsp3) is 0.350. The number of hydrogen-bond acceptors (Lipinski definition) is 3. The maximum absolute atomic E-state index is 13.0. The molecule has 1 saturated heterocycles. The summed E-state index contributed by atoms with van der Waals surface area (Å²) in [6, 6.07) is 6.71. The molecule has 0 spiro atoms. The number of fused-ring (bicyclic) bond motifs is 5. The van der Waals surface area contributed by atoms with Gasteiger partial charge >= 0.3 is 0 Å². The van der Waals surface area contributed by atoms with Crippen molar-refractivity contribution in [2.24, 2.45) is 23.7 Å². The lowest BCUT2D eigenvalue weighted by Gasteiger charge is -2.19. The molecule has 2 fully saturated rings. The zero-order valence-electron chi connectivity index (χ0n) is 13.9. The van der Waals surface area contributed by atoms with Crippen LogP contribution < -0.4 is 4.90 Å². The molecule has 122 valence electrons. The van der Waals surface area contributed by atoms with Gasteiger partial charge in [0.1, 0.15) is 0 Å². The van der Waals surface area contributed by atoms with Gasteiger partial charge < -0.3 is 0 Å². The average molecular weight is 321 g/mol. The van der Waals surface area contributed by atoms with Gasteiger partial charge in [0.15, 0.2) is 5.78 Å². The lowest BCUT2D eigenvalue weighted by atomic mass is 9.85. The predicted molar refractivity (Wildman–Crippen MR) is 90.4 cm³/mol. The molecular weight excluding hydrogens is 302 g/mol. The van der Waals surface area contributed by atoms with Crippen molar-refractivity contribution in [3.63, 3.8) is 0 Å². The second-order valence-electron chi connectivity index (χ2n) is 7.06. The molecule has 4 heteroatoms. The van der Waals surface area contributed by atoms with E-state index in [2.05, 4.69) is 26.0 Å². The summed E-state index contributed by atoms with van der Waals surface area (Å²) in [5.41, 5.74) is 3.59. The first-order valence-corrected chi connectivity index (χ1v) is 8.26. The smallest absolute Gasteiger partial charge is 0.238 e. The summed E-state index contributed by atoms with van der Waals surface area (Å²) in [7, 11) is 0. The average Bonchev–Trinajstić information content (AvgIpc) is 3.18. The summed E-state index contributed by atoms with van der Waals surface area (Å²) in [6.45, 7) is 5.60. The number of benzene rings is 1. The fourth-order valence-corrected chi connectivity index (χ4v) is 4.53. The fourth-order valence-electron chi connectivity index (χ4n) is 4.53. The molecule has 1 saturated carbocycles. The van der Waals surface area contributed by atoms with Crippen LogP contribution in [-0.2, 0) is 9.59 Å². The molecule has 4 rings (SSSR count). The lowest BCUT2D eigenvalue weighted by Crippen LogP contribution is -2.33. The van der Waals surface area contributed by atoms with Gasteiger partial charge in [-0.3, -0.25) is 14.4 Å². The van der Waals surface area contributed by atoms with Crippen LogP contribution in [0.5, 0.6) is 0 Å². The van der Waals surface area contributed by atoms with Gasteiger partial charge in [0.2, 0.25) is 11.8 Å². The molecule has 1 aromatic rings. The maximum atomic E-state index is 13.0. The van der Waals surface area contributed by atoms with Crippen LogP contribution in [0.15, 0.2) is 47.6 Å². The van der Waals surface area contributed by atoms with Gasteiger partial charge in [0.05, 0.1) is 17.5 Å². The monoisotopic (exact) mass is 321 g/mol. The van der Waals surface area contributed by atoms with Crippen molar-refractivity contribution in [1.82, 2.24) is 0 Å². The third-order valence-corrected chi connectivity index (χ3v) is 5.53. The molecule has 1 aromatic carbocycles. The molecular formula is C20H19NO3. The number of allylic oxidation sites excluding steroid dienone is 4. The minimum absolute atomic E-state index is 0.0343. The Hall–Kier alpha value is -2.49. The topological polar surface area (TPSA) is 54.5 Å². The molecule has 4 atom stereocenters. The molecule has 0 radical (unpaired) electrons. The van der Waals surface area contributed by atoms with Crippen LogP contribution in [0.4, 0.5) is 5.69 Å². The third-order valence-electron chi connectivity index (χ3n) is 5.53. The van der Waals surface area contributed by atoms with Gasteiger partial charge in [-0.25, -0.2) is 4.90 Å². The Labute approximate surface area is 140 Å². The van der Waals surface area contributed by atoms with Gasteiger partial charge in [-0.15, -0.1) is 0 Å². The number of imide groups is 1. The Kier molecular flexibility index (Phi) is 3.14. The number of rotatable bonds is 2. The van der Waals surface area contributed by atoms with Gasteiger partial charge in [0, 0.05) is 17.4 Å². The SMILES string of the molecule is CC(=O)c1ccc(N2C(=O)[C@@H]3[C@@H](C2=O)[C@H]2C=C[C@H]3C2=C(C)C)cc1. The highest BCUT2D eigenvalue weighted by Crippen LogP contribution is 2.57. The van der Waals surface area contributed by atoms with Crippen LogP contribution in [-0.4, -0.2) is 17.6 Å². The first kappa shape index (κ1) is 15.1. The Morgan fingerprint density at radius 3 is 1.79 bits per heavy atom. The summed E-state index contributed by atoms with van der Waals surface area (Å²) < 4.78 is 0. The number of carbonyl (C=O) groups is 3. The quantitative estimate of drug-likeness (QED) is 0.478. The molecule has 1 aliphatic heterocycles. The summed E-state index contributed by atoms with van der Waals surface area (Å²) in [6.07, 6.45) is 4.17. The first-order valence-electron chi connectivity index (χ1n) is 8.26. The number of amides is 2. The van der Waals surface area contributed by atoms with Crippen LogP contribution in [0.1, 0.15) is 31.1 Å². The summed E-state index contributed by atoms with van der Waals surface area (Å²) >= 11 is 0. The van der Waals surface area contributed by atoms with E-state index in [1.807, 2.05) is 0 Å². The zero-order chi connectivity index (χ0) is 17.2. The zero-order valence-corrected chi connectivity index (χ0v) is 13.9. The molecule has 2 bridgehead atoms. The number of hydrogen-bond donors (Lipinski definition) is 0. The minimum Gasteiger partial charge on any atom is -0.295 e. The highest BCUT2D eigenvalue weighted by atomic mass is 16.2. The first-order chi connectivity index (χ1) is 11.4. The standard InChI is InChI=1S/C20H19NO3/c1-10(2)16-14-8-9-15(16)18-17(14)19(23)21(20(18)24)13-6-4-12(5-7-13)11(3)22/h4-9,14-15,17-18H,1-3H3/t14-,15-,17-,18-/m0/s1. The van der Waals surface area contributed by atoms with Crippen molar-refractivity contribution in [3.8, 4) is 0 Å². The van der Waals surface area contributed by atoms with E-state index >= 15 is 0 Å². The van der Waals surface area contributed by atoms with Crippen LogP contribution in [0.3, 0.4) is 0 Å². The van der Waals surface area contributed by atoms with E-state index in [1.54, 1.807) is 24.3 Å². The van der Waals surface area contributed by atoms with E-state index in [9.17, 15) is 14.4 Å². The molecule has 4 nitrogen and oxygen atoms in total. The van der Waals surface area contributed by atoms with E-state index in [-0.39, 0.29) is 41.3 Å². The normalized spacial score (nSPS) is 30.3. The van der Waals surface area contributed by atoms with E-state index in [4.69, 9.17) is 0 Å². The number of Topliss-reactive ketones (excluding diaryl/α,β-unsaturated/α-hetero) is 1. The Bertz CT molecular complexity index is 793. The number of carbonyl (C=O) groups excluding carboxylic acids is 3. The Morgan fingerprint density at radius 2 is 1.38 bits per heavy atom. The van der Waals surface area contributed by atoms with E-state index in [0.29, 0.717) is 11.3 Å². The van der Waals surface area contributed by atoms with Gasteiger partial charge in [0.25, 0.3) is 0 Å². The highest BCUT2D eigenvalue weighted by Gasteiger charge is 2.61.